The van der Waals surface area contributed by atoms with E-state index in [9.17, 15) is 18.0 Å². The Hall–Kier alpha value is -3.65. The molecule has 0 spiro atoms. The highest BCUT2D eigenvalue weighted by Gasteiger charge is 2.32. The van der Waals surface area contributed by atoms with E-state index in [1.165, 1.54) is 22.7 Å². The molecule has 0 bridgehead atoms. The Morgan fingerprint density at radius 2 is 2.03 bits per heavy atom. The number of ether oxygens (including phenoxy) is 2. The first-order valence-electron chi connectivity index (χ1n) is 12.0. The number of aromatic nitrogens is 4. The number of fused-ring (bicyclic) bond motifs is 3. The van der Waals surface area contributed by atoms with E-state index in [4.69, 9.17) is 4.74 Å². The lowest BCUT2D eigenvalue weighted by atomic mass is 10.2. The second-order valence-electron chi connectivity index (χ2n) is 8.85. The SMILES string of the molecule is CN1CCOc2c(CC(=O)NCCN3CCNCC3)nn3c(-c4cccc(OC(F)(F)F)c4)nnc3c21. The molecule has 0 aliphatic carbocycles. The molecule has 11 nitrogen and oxygen atoms in total. The number of piperazine rings is 1. The minimum absolute atomic E-state index is 0.0392. The summed E-state index contributed by atoms with van der Waals surface area (Å²) in [4.78, 5) is 17.0. The topological polar surface area (TPSA) is 109 Å². The van der Waals surface area contributed by atoms with E-state index in [1.54, 1.807) is 6.07 Å². The number of nitrogens with one attached hydrogen (secondary N) is 2. The molecule has 2 aromatic heterocycles. The molecule has 3 aromatic rings. The molecule has 0 unspecified atom stereocenters. The van der Waals surface area contributed by atoms with Crippen LogP contribution >= 0.6 is 0 Å². The molecule has 1 saturated heterocycles. The summed E-state index contributed by atoms with van der Waals surface area (Å²) in [5, 5.41) is 19.3. The minimum atomic E-state index is -4.83. The minimum Gasteiger partial charge on any atom is -0.487 e. The van der Waals surface area contributed by atoms with E-state index in [0.717, 1.165) is 32.7 Å². The maximum absolute atomic E-state index is 12.8. The van der Waals surface area contributed by atoms with Crippen LogP contribution in [-0.4, -0.2) is 96.4 Å². The zero-order chi connectivity index (χ0) is 26.0. The van der Waals surface area contributed by atoms with Crippen LogP contribution < -0.4 is 25.0 Å². The third-order valence-electron chi connectivity index (χ3n) is 6.22. The number of hydrogen-bond acceptors (Lipinski definition) is 9. The monoisotopic (exact) mass is 520 g/mol. The molecule has 1 fully saturated rings. The largest absolute Gasteiger partial charge is 0.573 e. The first kappa shape index (κ1) is 25.0. The maximum Gasteiger partial charge on any atom is 0.573 e. The molecule has 37 heavy (non-hydrogen) atoms. The van der Waals surface area contributed by atoms with Crippen molar-refractivity contribution >= 4 is 17.2 Å². The number of halogens is 3. The fourth-order valence-electron chi connectivity index (χ4n) is 4.45. The fraction of sp³-hybridized carbons (Fsp3) is 0.478. The number of benzene rings is 1. The van der Waals surface area contributed by atoms with Gasteiger partial charge < -0.3 is 25.0 Å². The first-order chi connectivity index (χ1) is 17.8. The van der Waals surface area contributed by atoms with Crippen LogP contribution in [0.1, 0.15) is 5.69 Å². The molecule has 1 aromatic carbocycles. The highest BCUT2D eigenvalue weighted by atomic mass is 19.4. The van der Waals surface area contributed by atoms with Crippen molar-refractivity contribution in [3.8, 4) is 22.9 Å². The van der Waals surface area contributed by atoms with Crippen molar-refractivity contribution in [3.05, 3.63) is 30.0 Å². The van der Waals surface area contributed by atoms with Gasteiger partial charge in [0, 0.05) is 51.9 Å². The lowest BCUT2D eigenvalue weighted by molar-refractivity contribution is -0.274. The summed E-state index contributed by atoms with van der Waals surface area (Å²) in [5.41, 5.74) is 1.70. The van der Waals surface area contributed by atoms with Gasteiger partial charge >= 0.3 is 6.36 Å². The quantitative estimate of drug-likeness (QED) is 0.473. The van der Waals surface area contributed by atoms with Crippen LogP contribution in [0.3, 0.4) is 0 Å². The smallest absolute Gasteiger partial charge is 0.487 e. The predicted octanol–water partition coefficient (Wildman–Crippen LogP) is 1.08. The molecule has 5 rings (SSSR count). The molecule has 0 atom stereocenters. The average Bonchev–Trinajstić information content (AvgIpc) is 3.28. The van der Waals surface area contributed by atoms with Crippen LogP contribution in [0.15, 0.2) is 24.3 Å². The van der Waals surface area contributed by atoms with Gasteiger partial charge in [0.1, 0.15) is 23.7 Å². The summed E-state index contributed by atoms with van der Waals surface area (Å²) in [6.07, 6.45) is -4.86. The standard InChI is InChI=1S/C23H27F3N8O3/c1-32-11-12-36-20-17(14-18(35)28-7-10-33-8-5-27-6-9-33)31-34-21(29-30-22(34)19(20)32)15-3-2-4-16(13-15)37-23(24,25)26/h2-4,13,27H,5-12,14H2,1H3,(H,28,35). The van der Waals surface area contributed by atoms with Gasteiger partial charge in [0.2, 0.25) is 11.6 Å². The third-order valence-corrected chi connectivity index (χ3v) is 6.22. The average molecular weight is 521 g/mol. The van der Waals surface area contributed by atoms with E-state index < -0.39 is 6.36 Å². The molecule has 14 heteroatoms. The number of anilines is 1. The molecule has 0 radical (unpaired) electrons. The fourth-order valence-corrected chi connectivity index (χ4v) is 4.45. The Morgan fingerprint density at radius 3 is 2.81 bits per heavy atom. The molecular formula is C23H27F3N8O3. The normalized spacial score (nSPS) is 16.4. The van der Waals surface area contributed by atoms with E-state index >= 15 is 0 Å². The summed E-state index contributed by atoms with van der Waals surface area (Å²) in [5.74, 6) is 0.0665. The van der Waals surface area contributed by atoms with Crippen molar-refractivity contribution < 1.29 is 27.4 Å². The Morgan fingerprint density at radius 1 is 1.22 bits per heavy atom. The van der Waals surface area contributed by atoms with Crippen molar-refractivity contribution in [3.63, 3.8) is 0 Å². The number of carbonyl (C=O) groups excluding carboxylic acids is 1. The van der Waals surface area contributed by atoms with E-state index in [0.29, 0.717) is 48.0 Å². The number of likely N-dealkylation sites (N-methyl/N-ethyl adjacent to an activating group) is 1. The Kier molecular flexibility index (Phi) is 7.02. The third kappa shape index (κ3) is 5.69. The number of amides is 1. The molecule has 0 saturated carbocycles. The van der Waals surface area contributed by atoms with Crippen LogP contribution in [0.25, 0.3) is 17.0 Å². The highest BCUT2D eigenvalue weighted by Crippen LogP contribution is 2.38. The van der Waals surface area contributed by atoms with Gasteiger partial charge in [-0.3, -0.25) is 9.69 Å². The van der Waals surface area contributed by atoms with Crippen LogP contribution in [0.2, 0.25) is 0 Å². The summed E-state index contributed by atoms with van der Waals surface area (Å²) in [7, 11) is 1.87. The number of rotatable bonds is 7. The van der Waals surface area contributed by atoms with Crippen LogP contribution in [0.5, 0.6) is 11.5 Å². The lowest BCUT2D eigenvalue weighted by Gasteiger charge is -2.29. The van der Waals surface area contributed by atoms with Gasteiger partial charge in [0.25, 0.3) is 0 Å². The van der Waals surface area contributed by atoms with Gasteiger partial charge in [0.05, 0.1) is 13.0 Å². The Labute approximate surface area is 210 Å². The van der Waals surface area contributed by atoms with Gasteiger partial charge in [-0.05, 0) is 12.1 Å². The van der Waals surface area contributed by atoms with Crippen molar-refractivity contribution in [2.24, 2.45) is 0 Å². The summed E-state index contributed by atoms with van der Waals surface area (Å²) in [6, 6.07) is 5.43. The molecular weight excluding hydrogens is 493 g/mol. The van der Waals surface area contributed by atoms with E-state index in [1.807, 2.05) is 11.9 Å². The van der Waals surface area contributed by atoms with Gasteiger partial charge in [0.15, 0.2) is 11.6 Å². The number of nitrogens with zero attached hydrogens (tertiary/aromatic N) is 6. The Balaban J connectivity index is 1.43. The van der Waals surface area contributed by atoms with Gasteiger partial charge in [-0.25, -0.2) is 0 Å². The van der Waals surface area contributed by atoms with Crippen LogP contribution in [-0.2, 0) is 11.2 Å². The number of hydrogen-bond donors (Lipinski definition) is 2. The zero-order valence-electron chi connectivity index (χ0n) is 20.2. The summed E-state index contributed by atoms with van der Waals surface area (Å²) >= 11 is 0. The molecule has 198 valence electrons. The number of alkyl halides is 3. The Bertz CT molecular complexity index is 1280. The van der Waals surface area contributed by atoms with Crippen molar-refractivity contribution in [1.82, 2.24) is 35.3 Å². The van der Waals surface area contributed by atoms with Crippen LogP contribution in [0, 0.1) is 0 Å². The maximum atomic E-state index is 12.8. The molecule has 2 aliphatic heterocycles. The van der Waals surface area contributed by atoms with E-state index in [-0.39, 0.29) is 23.9 Å². The van der Waals surface area contributed by atoms with Crippen LogP contribution in [0.4, 0.5) is 18.9 Å². The molecule has 2 N–H and O–H groups in total. The van der Waals surface area contributed by atoms with E-state index in [2.05, 4.69) is 35.6 Å². The number of carbonyl (C=O) groups is 1. The van der Waals surface area contributed by atoms with Gasteiger partial charge in [-0.2, -0.15) is 9.61 Å². The predicted molar refractivity (Wildman–Crippen MR) is 128 cm³/mol. The van der Waals surface area contributed by atoms with Crippen molar-refractivity contribution in [2.75, 3.05) is 64.4 Å². The second kappa shape index (κ2) is 10.4. The summed E-state index contributed by atoms with van der Waals surface area (Å²) < 4.78 is 49.6. The first-order valence-corrected chi connectivity index (χ1v) is 12.0. The van der Waals surface area contributed by atoms with Crippen molar-refractivity contribution in [2.45, 2.75) is 12.8 Å². The molecule has 1 amide bonds. The summed E-state index contributed by atoms with van der Waals surface area (Å²) in [6.45, 7) is 6.00. The van der Waals surface area contributed by atoms with Crippen molar-refractivity contribution in [1.29, 1.82) is 0 Å². The van der Waals surface area contributed by atoms with Gasteiger partial charge in [-0.15, -0.1) is 23.4 Å². The second-order valence-corrected chi connectivity index (χ2v) is 8.85. The zero-order valence-corrected chi connectivity index (χ0v) is 20.2. The molecule has 2 aliphatic rings. The molecule has 4 heterocycles. The highest BCUT2D eigenvalue weighted by molar-refractivity contribution is 5.83. The lowest BCUT2D eigenvalue weighted by Crippen LogP contribution is -2.46. The van der Waals surface area contributed by atoms with Gasteiger partial charge in [-0.1, -0.05) is 12.1 Å².